The molecule has 72 valence electrons. The summed E-state index contributed by atoms with van der Waals surface area (Å²) >= 11 is 0. The van der Waals surface area contributed by atoms with Gasteiger partial charge in [-0.2, -0.15) is 0 Å². The first-order valence-corrected chi connectivity index (χ1v) is 5.69. The summed E-state index contributed by atoms with van der Waals surface area (Å²) in [6.07, 6.45) is 7.12. The van der Waals surface area contributed by atoms with Crippen LogP contribution in [0.4, 0.5) is 0 Å². The maximum atomic E-state index is 2.50. The molecule has 1 fully saturated rings. The van der Waals surface area contributed by atoms with Crippen LogP contribution in [0.3, 0.4) is 0 Å². The summed E-state index contributed by atoms with van der Waals surface area (Å²) < 4.78 is 0. The highest BCUT2D eigenvalue weighted by Crippen LogP contribution is 2.56. The molecule has 12 heavy (non-hydrogen) atoms. The molecule has 0 amide bonds. The Morgan fingerprint density at radius 1 is 1.17 bits per heavy atom. The van der Waals surface area contributed by atoms with E-state index >= 15 is 0 Å². The lowest BCUT2D eigenvalue weighted by molar-refractivity contribution is -0.0481. The maximum absolute atomic E-state index is 2.50. The molecule has 0 saturated heterocycles. The molecule has 3 unspecified atom stereocenters. The van der Waals surface area contributed by atoms with E-state index in [4.69, 9.17) is 0 Å². The van der Waals surface area contributed by atoms with Crippen LogP contribution in [0.2, 0.25) is 0 Å². The van der Waals surface area contributed by atoms with Crippen LogP contribution in [0, 0.1) is 17.3 Å². The Balaban J connectivity index is 2.50. The zero-order valence-corrected chi connectivity index (χ0v) is 9.19. The second-order valence-corrected chi connectivity index (χ2v) is 4.69. The van der Waals surface area contributed by atoms with E-state index in [1.165, 1.54) is 32.1 Å². The molecule has 0 N–H and O–H groups in total. The molecule has 1 saturated carbocycles. The van der Waals surface area contributed by atoms with Gasteiger partial charge in [0.1, 0.15) is 0 Å². The summed E-state index contributed by atoms with van der Waals surface area (Å²) in [5.74, 6) is 2.07. The molecule has 1 aliphatic carbocycles. The molecule has 0 aromatic heterocycles. The van der Waals surface area contributed by atoms with E-state index in [1.807, 2.05) is 0 Å². The molecule has 0 radical (unpaired) electrons. The van der Waals surface area contributed by atoms with Crippen molar-refractivity contribution in [1.82, 2.24) is 0 Å². The molecule has 0 aromatic rings. The molecule has 0 aliphatic heterocycles. The highest BCUT2D eigenvalue weighted by Gasteiger charge is 2.47. The van der Waals surface area contributed by atoms with Crippen LogP contribution in [-0.4, -0.2) is 0 Å². The second kappa shape index (κ2) is 3.81. The van der Waals surface area contributed by atoms with Crippen molar-refractivity contribution in [3.8, 4) is 0 Å². The molecule has 0 aromatic carbocycles. The third kappa shape index (κ3) is 1.41. The molecule has 0 nitrogen and oxygen atoms in total. The first-order chi connectivity index (χ1) is 5.69. The van der Waals surface area contributed by atoms with Crippen molar-refractivity contribution < 1.29 is 0 Å². The van der Waals surface area contributed by atoms with Gasteiger partial charge in [0.25, 0.3) is 0 Å². The molecule has 0 spiro atoms. The van der Waals surface area contributed by atoms with E-state index in [0.29, 0.717) is 5.41 Å². The molecule has 1 aliphatic rings. The average molecular weight is 168 g/mol. The first kappa shape index (κ1) is 10.1. The third-order valence-electron chi connectivity index (χ3n) is 4.33. The van der Waals surface area contributed by atoms with Crippen LogP contribution in [-0.2, 0) is 0 Å². The van der Waals surface area contributed by atoms with Gasteiger partial charge in [-0.3, -0.25) is 0 Å². The minimum atomic E-state index is 0.699. The van der Waals surface area contributed by atoms with Gasteiger partial charge >= 0.3 is 0 Å². The monoisotopic (exact) mass is 168 g/mol. The van der Waals surface area contributed by atoms with Gasteiger partial charge in [0.05, 0.1) is 0 Å². The van der Waals surface area contributed by atoms with E-state index in [-0.39, 0.29) is 0 Å². The molecule has 0 heterocycles. The minimum Gasteiger partial charge on any atom is -0.0654 e. The predicted octanol–water partition coefficient (Wildman–Crippen LogP) is 4.25. The van der Waals surface area contributed by atoms with Gasteiger partial charge in [-0.25, -0.2) is 0 Å². The fourth-order valence-electron chi connectivity index (χ4n) is 3.06. The standard InChI is InChI=1S/C12H24/c1-5-8-11-9-10(6-2)12(11,4)7-3/h10-11H,5-9H2,1-4H3. The van der Waals surface area contributed by atoms with Gasteiger partial charge in [0.2, 0.25) is 0 Å². The predicted molar refractivity (Wildman–Crippen MR) is 55.2 cm³/mol. The van der Waals surface area contributed by atoms with Crippen LogP contribution >= 0.6 is 0 Å². The molecule has 0 bridgehead atoms. The van der Waals surface area contributed by atoms with Crippen molar-refractivity contribution in [2.75, 3.05) is 0 Å². The van der Waals surface area contributed by atoms with Gasteiger partial charge in [0.15, 0.2) is 0 Å². The summed E-state index contributed by atoms with van der Waals surface area (Å²) in [6.45, 7) is 9.53. The lowest BCUT2D eigenvalue weighted by Crippen LogP contribution is -2.46. The van der Waals surface area contributed by atoms with Crippen LogP contribution in [0.15, 0.2) is 0 Å². The minimum absolute atomic E-state index is 0.699. The summed E-state index contributed by atoms with van der Waals surface area (Å²) in [5, 5.41) is 0. The largest absolute Gasteiger partial charge is 0.0654 e. The maximum Gasteiger partial charge on any atom is -0.0272 e. The second-order valence-electron chi connectivity index (χ2n) is 4.69. The van der Waals surface area contributed by atoms with Crippen molar-refractivity contribution in [3.63, 3.8) is 0 Å². The third-order valence-corrected chi connectivity index (χ3v) is 4.33. The smallest absolute Gasteiger partial charge is 0.0272 e. The highest BCUT2D eigenvalue weighted by atomic mass is 14.5. The van der Waals surface area contributed by atoms with Gasteiger partial charge in [-0.1, -0.05) is 53.4 Å². The molecular weight excluding hydrogens is 144 g/mol. The summed E-state index contributed by atoms with van der Waals surface area (Å²) in [6, 6.07) is 0. The van der Waals surface area contributed by atoms with Gasteiger partial charge in [-0.05, 0) is 23.7 Å². The van der Waals surface area contributed by atoms with Crippen molar-refractivity contribution in [2.24, 2.45) is 17.3 Å². The van der Waals surface area contributed by atoms with Crippen LogP contribution < -0.4 is 0 Å². The lowest BCUT2D eigenvalue weighted by atomic mass is 9.51. The summed E-state index contributed by atoms with van der Waals surface area (Å²) in [7, 11) is 0. The zero-order valence-electron chi connectivity index (χ0n) is 9.19. The van der Waals surface area contributed by atoms with Crippen LogP contribution in [0.25, 0.3) is 0 Å². The van der Waals surface area contributed by atoms with Crippen molar-refractivity contribution in [2.45, 2.75) is 59.8 Å². The molecule has 1 rings (SSSR count). The van der Waals surface area contributed by atoms with E-state index in [2.05, 4.69) is 27.7 Å². The van der Waals surface area contributed by atoms with Crippen molar-refractivity contribution in [1.29, 1.82) is 0 Å². The average Bonchev–Trinajstić information content (AvgIpc) is 2.10. The van der Waals surface area contributed by atoms with Gasteiger partial charge in [-0.15, -0.1) is 0 Å². The van der Waals surface area contributed by atoms with Crippen LogP contribution in [0.1, 0.15) is 59.8 Å². The van der Waals surface area contributed by atoms with E-state index < -0.39 is 0 Å². The fourth-order valence-corrected chi connectivity index (χ4v) is 3.06. The van der Waals surface area contributed by atoms with Crippen molar-refractivity contribution in [3.05, 3.63) is 0 Å². The topological polar surface area (TPSA) is 0 Å². The number of hydrogen-bond donors (Lipinski definition) is 0. The zero-order chi connectivity index (χ0) is 9.19. The molecular formula is C12H24. The molecule has 0 heteroatoms. The Hall–Kier alpha value is 0. The Morgan fingerprint density at radius 2 is 1.83 bits per heavy atom. The first-order valence-electron chi connectivity index (χ1n) is 5.69. The van der Waals surface area contributed by atoms with E-state index in [9.17, 15) is 0 Å². The van der Waals surface area contributed by atoms with Crippen LogP contribution in [0.5, 0.6) is 0 Å². The number of rotatable bonds is 4. The number of hydrogen-bond acceptors (Lipinski definition) is 0. The SMILES string of the molecule is CCCC1CC(CC)C1(C)CC. The van der Waals surface area contributed by atoms with Crippen molar-refractivity contribution >= 4 is 0 Å². The quantitative estimate of drug-likeness (QED) is 0.588. The lowest BCUT2D eigenvalue weighted by Gasteiger charge is -2.54. The Morgan fingerprint density at radius 3 is 2.25 bits per heavy atom. The Labute approximate surface area is 77.7 Å². The van der Waals surface area contributed by atoms with Gasteiger partial charge in [0, 0.05) is 0 Å². The normalized spacial score (nSPS) is 41.0. The highest BCUT2D eigenvalue weighted by molar-refractivity contribution is 4.97. The van der Waals surface area contributed by atoms with E-state index in [0.717, 1.165) is 11.8 Å². The van der Waals surface area contributed by atoms with Gasteiger partial charge < -0.3 is 0 Å². The Kier molecular flexibility index (Phi) is 3.20. The fraction of sp³-hybridized carbons (Fsp3) is 1.00. The summed E-state index contributed by atoms with van der Waals surface area (Å²) in [4.78, 5) is 0. The van der Waals surface area contributed by atoms with E-state index in [1.54, 1.807) is 0 Å². The Bertz CT molecular complexity index is 139. The summed E-state index contributed by atoms with van der Waals surface area (Å²) in [5.41, 5.74) is 0.699. The molecule has 3 atom stereocenters.